The molecule has 0 unspecified atom stereocenters. The molecule has 25 heavy (non-hydrogen) atoms. The van der Waals surface area contributed by atoms with Crippen molar-refractivity contribution in [2.24, 2.45) is 5.92 Å². The fourth-order valence-electron chi connectivity index (χ4n) is 3.12. The Labute approximate surface area is 147 Å². The van der Waals surface area contributed by atoms with Gasteiger partial charge in [-0.05, 0) is 17.7 Å². The van der Waals surface area contributed by atoms with Crippen LogP contribution in [-0.4, -0.2) is 45.4 Å². The Morgan fingerprint density at radius 3 is 2.68 bits per heavy atom. The topological polar surface area (TPSA) is 69.3 Å². The van der Waals surface area contributed by atoms with Gasteiger partial charge in [0, 0.05) is 55.8 Å². The number of hydrogen-bond acceptors (Lipinski definition) is 3. The molecule has 2 amide bonds. The van der Waals surface area contributed by atoms with Gasteiger partial charge in [-0.15, -0.1) is 0 Å². The smallest absolute Gasteiger partial charge is 0.254 e. The molecule has 0 aliphatic carbocycles. The van der Waals surface area contributed by atoms with Crippen molar-refractivity contribution in [2.75, 3.05) is 13.6 Å². The van der Waals surface area contributed by atoms with Crippen LogP contribution in [0.3, 0.4) is 0 Å². The van der Waals surface area contributed by atoms with Gasteiger partial charge in [-0.2, -0.15) is 5.10 Å². The summed E-state index contributed by atoms with van der Waals surface area (Å²) in [6, 6.07) is 7.53. The molecule has 1 aliphatic heterocycles. The quantitative estimate of drug-likeness (QED) is 0.928. The van der Waals surface area contributed by atoms with E-state index in [1.165, 1.54) is 0 Å². The van der Waals surface area contributed by atoms with Gasteiger partial charge >= 0.3 is 0 Å². The Hall–Kier alpha value is -2.63. The lowest BCUT2D eigenvalue weighted by Gasteiger charge is -2.26. The third-order valence-electron chi connectivity index (χ3n) is 4.58. The molecule has 2 heterocycles. The summed E-state index contributed by atoms with van der Waals surface area (Å²) >= 11 is 0. The molecule has 0 saturated carbocycles. The average Bonchev–Trinajstić information content (AvgIpc) is 3.08. The second-order valence-corrected chi connectivity index (χ2v) is 6.90. The van der Waals surface area contributed by atoms with Crippen LogP contribution in [0.15, 0.2) is 30.5 Å². The fourth-order valence-corrected chi connectivity index (χ4v) is 3.12. The van der Waals surface area contributed by atoms with Crippen molar-refractivity contribution in [1.29, 1.82) is 0 Å². The first-order chi connectivity index (χ1) is 12.0. The van der Waals surface area contributed by atoms with Crippen LogP contribution in [0.4, 0.5) is 0 Å². The third kappa shape index (κ3) is 3.73. The second-order valence-electron chi connectivity index (χ2n) is 6.90. The number of hydrogen-bond donors (Lipinski definition) is 1. The first-order valence-corrected chi connectivity index (χ1v) is 8.60. The van der Waals surface area contributed by atoms with E-state index >= 15 is 0 Å². The number of carbonyl (C=O) groups excluding carboxylic acids is 2. The van der Waals surface area contributed by atoms with Crippen molar-refractivity contribution in [1.82, 2.24) is 20.0 Å². The minimum absolute atomic E-state index is 0.0160. The Balaban J connectivity index is 1.64. The number of fused-ring (bicyclic) bond motifs is 1. The molecule has 1 aromatic carbocycles. The second kappa shape index (κ2) is 7.09. The van der Waals surface area contributed by atoms with Crippen molar-refractivity contribution in [2.45, 2.75) is 33.4 Å². The van der Waals surface area contributed by atoms with Crippen LogP contribution in [0, 0.1) is 5.92 Å². The predicted molar refractivity (Wildman–Crippen MR) is 94.8 cm³/mol. The molecule has 0 radical (unpaired) electrons. The lowest BCUT2D eigenvalue weighted by atomic mass is 10.1. The maximum Gasteiger partial charge on any atom is 0.254 e. The summed E-state index contributed by atoms with van der Waals surface area (Å²) in [5, 5.41) is 7.02. The number of nitrogens with zero attached hydrogens (tertiary/aromatic N) is 3. The number of benzene rings is 1. The highest BCUT2D eigenvalue weighted by Gasteiger charge is 2.23. The highest BCUT2D eigenvalue weighted by molar-refractivity contribution is 5.94. The summed E-state index contributed by atoms with van der Waals surface area (Å²) in [5.41, 5.74) is 3.90. The molecule has 6 heteroatoms. The van der Waals surface area contributed by atoms with E-state index in [2.05, 4.69) is 10.2 Å². The van der Waals surface area contributed by atoms with Crippen LogP contribution < -0.4 is 0 Å². The molecule has 132 valence electrons. The van der Waals surface area contributed by atoms with Gasteiger partial charge in [0.2, 0.25) is 5.91 Å². The lowest BCUT2D eigenvalue weighted by Crippen LogP contribution is -2.35. The van der Waals surface area contributed by atoms with Crippen LogP contribution in [0.5, 0.6) is 0 Å². The normalized spacial score (nSPS) is 13.7. The van der Waals surface area contributed by atoms with Crippen LogP contribution in [-0.2, 0) is 24.3 Å². The third-order valence-corrected chi connectivity index (χ3v) is 4.58. The maximum atomic E-state index is 12.7. The van der Waals surface area contributed by atoms with Crippen molar-refractivity contribution >= 4 is 11.8 Å². The number of carbonyl (C=O) groups is 2. The zero-order valence-electron chi connectivity index (χ0n) is 15.0. The number of amides is 2. The van der Waals surface area contributed by atoms with Gasteiger partial charge in [-0.3, -0.25) is 14.7 Å². The van der Waals surface area contributed by atoms with E-state index in [1.807, 2.05) is 43.0 Å². The van der Waals surface area contributed by atoms with E-state index in [4.69, 9.17) is 0 Å². The zero-order valence-corrected chi connectivity index (χ0v) is 15.0. The van der Waals surface area contributed by atoms with E-state index in [9.17, 15) is 9.59 Å². The molecule has 2 aromatic rings. The predicted octanol–water partition coefficient (Wildman–Crippen LogP) is 2.22. The first kappa shape index (κ1) is 17.2. The van der Waals surface area contributed by atoms with Gasteiger partial charge in [0.05, 0.1) is 6.20 Å². The minimum Gasteiger partial charge on any atom is -0.341 e. The van der Waals surface area contributed by atoms with Crippen molar-refractivity contribution < 1.29 is 9.59 Å². The largest absolute Gasteiger partial charge is 0.341 e. The number of aromatic amines is 1. The van der Waals surface area contributed by atoms with Crippen LogP contribution in [0.1, 0.15) is 41.0 Å². The molecule has 3 rings (SSSR count). The number of rotatable bonds is 4. The number of nitrogens with one attached hydrogen (secondary N) is 1. The molecule has 6 nitrogen and oxygen atoms in total. The SMILES string of the molecule is CC(C)C(=O)N(C)Cc1ccc(C(=O)N2CCc3[nH]ncc3C2)cc1. The average molecular weight is 340 g/mol. The fraction of sp³-hybridized carbons (Fsp3) is 0.421. The van der Waals surface area contributed by atoms with E-state index in [0.717, 1.165) is 23.2 Å². The molecule has 1 aliphatic rings. The maximum absolute atomic E-state index is 12.7. The summed E-state index contributed by atoms with van der Waals surface area (Å²) in [6.07, 6.45) is 2.60. The molecule has 0 bridgehead atoms. The van der Waals surface area contributed by atoms with Gasteiger partial charge in [-0.1, -0.05) is 26.0 Å². The summed E-state index contributed by atoms with van der Waals surface area (Å²) < 4.78 is 0. The van der Waals surface area contributed by atoms with Gasteiger partial charge in [0.15, 0.2) is 0 Å². The van der Waals surface area contributed by atoms with Gasteiger partial charge in [0.1, 0.15) is 0 Å². The highest BCUT2D eigenvalue weighted by Crippen LogP contribution is 2.19. The molecule has 0 saturated heterocycles. The standard InChI is InChI=1S/C19H24N4O2/c1-13(2)18(24)22(3)11-14-4-6-15(7-5-14)19(25)23-9-8-17-16(12-23)10-20-21-17/h4-7,10,13H,8-9,11-12H2,1-3H3,(H,20,21). The molecule has 1 N–H and O–H groups in total. The summed E-state index contributed by atoms with van der Waals surface area (Å²) in [5.74, 6) is 0.132. The molecule has 0 fully saturated rings. The number of aromatic nitrogens is 2. The van der Waals surface area contributed by atoms with Crippen LogP contribution in [0.25, 0.3) is 0 Å². The van der Waals surface area contributed by atoms with Gasteiger partial charge in [-0.25, -0.2) is 0 Å². The summed E-state index contributed by atoms with van der Waals surface area (Å²) in [6.45, 7) is 5.63. The summed E-state index contributed by atoms with van der Waals surface area (Å²) in [4.78, 5) is 28.2. The minimum atomic E-state index is -0.0160. The zero-order chi connectivity index (χ0) is 18.0. The lowest BCUT2D eigenvalue weighted by molar-refractivity contribution is -0.133. The summed E-state index contributed by atoms with van der Waals surface area (Å²) in [7, 11) is 1.80. The van der Waals surface area contributed by atoms with E-state index < -0.39 is 0 Å². The molecular formula is C19H24N4O2. The highest BCUT2D eigenvalue weighted by atomic mass is 16.2. The van der Waals surface area contributed by atoms with E-state index in [-0.39, 0.29) is 17.7 Å². The Morgan fingerprint density at radius 2 is 2.00 bits per heavy atom. The monoisotopic (exact) mass is 340 g/mol. The van der Waals surface area contributed by atoms with Crippen LogP contribution >= 0.6 is 0 Å². The van der Waals surface area contributed by atoms with Crippen molar-refractivity contribution in [3.8, 4) is 0 Å². The Kier molecular flexibility index (Phi) is 4.88. The van der Waals surface area contributed by atoms with Crippen LogP contribution in [0.2, 0.25) is 0 Å². The van der Waals surface area contributed by atoms with Gasteiger partial charge in [0.25, 0.3) is 5.91 Å². The van der Waals surface area contributed by atoms with E-state index in [0.29, 0.717) is 25.2 Å². The molecule has 1 aromatic heterocycles. The Bertz CT molecular complexity index is 764. The van der Waals surface area contributed by atoms with E-state index in [1.54, 1.807) is 18.1 Å². The number of H-pyrrole nitrogens is 1. The van der Waals surface area contributed by atoms with Crippen molar-refractivity contribution in [3.63, 3.8) is 0 Å². The van der Waals surface area contributed by atoms with Gasteiger partial charge < -0.3 is 9.80 Å². The first-order valence-electron chi connectivity index (χ1n) is 8.60. The molecule has 0 spiro atoms. The Morgan fingerprint density at radius 1 is 1.28 bits per heavy atom. The van der Waals surface area contributed by atoms with Crippen molar-refractivity contribution in [3.05, 3.63) is 52.8 Å². The molecular weight excluding hydrogens is 316 g/mol. The molecule has 0 atom stereocenters.